The van der Waals surface area contributed by atoms with E-state index in [1.54, 1.807) is 18.2 Å². The van der Waals surface area contributed by atoms with Crippen LogP contribution in [0.5, 0.6) is 11.5 Å². The Kier molecular flexibility index (Phi) is 6.82. The molecule has 21 heavy (non-hydrogen) atoms. The number of hydrogen-bond donors (Lipinski definition) is 0. The zero-order valence-electron chi connectivity index (χ0n) is 12.5. The van der Waals surface area contributed by atoms with Gasteiger partial charge >= 0.3 is 5.97 Å². The summed E-state index contributed by atoms with van der Waals surface area (Å²) < 4.78 is 15.8. The van der Waals surface area contributed by atoms with Gasteiger partial charge in [0.25, 0.3) is 0 Å². The summed E-state index contributed by atoms with van der Waals surface area (Å²) in [5.74, 6) is 0.431. The normalized spacial score (nSPS) is 10.7. The standard InChI is InChI=1S/C16H19NO4/c1-4-9-21-15-12(7-6-8-14(15)20-5-2)10-13(11-17)16(18)19-3/h6-8,10H,4-5,9H2,1-3H3/b13-10+. The van der Waals surface area contributed by atoms with Gasteiger partial charge in [0.15, 0.2) is 11.5 Å². The average Bonchev–Trinajstić information content (AvgIpc) is 2.51. The van der Waals surface area contributed by atoms with Gasteiger partial charge in [0.05, 0.1) is 20.3 Å². The molecule has 0 unspecified atom stereocenters. The van der Waals surface area contributed by atoms with E-state index in [4.69, 9.17) is 14.7 Å². The topological polar surface area (TPSA) is 68.5 Å². The van der Waals surface area contributed by atoms with Crippen molar-refractivity contribution in [1.29, 1.82) is 5.26 Å². The van der Waals surface area contributed by atoms with E-state index in [1.807, 2.05) is 19.9 Å². The molecule has 1 aromatic carbocycles. The third kappa shape index (κ3) is 4.53. The van der Waals surface area contributed by atoms with Crippen LogP contribution in [0.15, 0.2) is 23.8 Å². The molecule has 112 valence electrons. The first-order valence-corrected chi connectivity index (χ1v) is 6.76. The number of hydrogen-bond acceptors (Lipinski definition) is 5. The first kappa shape index (κ1) is 16.6. The number of ether oxygens (including phenoxy) is 3. The summed E-state index contributed by atoms with van der Waals surface area (Å²) in [4.78, 5) is 11.5. The fraction of sp³-hybridized carbons (Fsp3) is 0.375. The molecule has 5 heteroatoms. The van der Waals surface area contributed by atoms with Crippen molar-refractivity contribution in [3.05, 3.63) is 29.3 Å². The average molecular weight is 289 g/mol. The van der Waals surface area contributed by atoms with E-state index >= 15 is 0 Å². The zero-order valence-corrected chi connectivity index (χ0v) is 12.5. The van der Waals surface area contributed by atoms with Gasteiger partial charge < -0.3 is 14.2 Å². The Morgan fingerprint density at radius 2 is 2.10 bits per heavy atom. The van der Waals surface area contributed by atoms with Crippen LogP contribution in [-0.2, 0) is 9.53 Å². The lowest BCUT2D eigenvalue weighted by Gasteiger charge is -2.14. The lowest BCUT2D eigenvalue weighted by molar-refractivity contribution is -0.135. The van der Waals surface area contributed by atoms with Crippen LogP contribution in [0, 0.1) is 11.3 Å². The van der Waals surface area contributed by atoms with Gasteiger partial charge in [-0.15, -0.1) is 0 Å². The number of carbonyl (C=O) groups is 1. The molecule has 0 saturated carbocycles. The fourth-order valence-electron chi connectivity index (χ4n) is 1.68. The molecule has 0 aliphatic carbocycles. The van der Waals surface area contributed by atoms with Gasteiger partial charge in [-0.2, -0.15) is 5.26 Å². The third-order valence-corrected chi connectivity index (χ3v) is 2.59. The predicted octanol–water partition coefficient (Wildman–Crippen LogP) is 2.95. The minimum absolute atomic E-state index is 0.0903. The Morgan fingerprint density at radius 1 is 1.33 bits per heavy atom. The highest BCUT2D eigenvalue weighted by atomic mass is 16.5. The fourth-order valence-corrected chi connectivity index (χ4v) is 1.68. The molecule has 0 saturated heterocycles. The summed E-state index contributed by atoms with van der Waals surface area (Å²) in [6.45, 7) is 4.89. The van der Waals surface area contributed by atoms with Crippen LogP contribution in [-0.4, -0.2) is 26.3 Å². The van der Waals surface area contributed by atoms with Crippen LogP contribution < -0.4 is 9.47 Å². The number of nitriles is 1. The number of esters is 1. The van der Waals surface area contributed by atoms with Gasteiger partial charge in [0.1, 0.15) is 11.6 Å². The van der Waals surface area contributed by atoms with E-state index in [2.05, 4.69) is 4.74 Å². The zero-order chi connectivity index (χ0) is 15.7. The molecule has 0 aliphatic heterocycles. The number of rotatable bonds is 7. The van der Waals surface area contributed by atoms with Crippen molar-refractivity contribution in [2.24, 2.45) is 0 Å². The molecule has 0 N–H and O–H groups in total. The number of para-hydroxylation sites is 1. The molecule has 0 bridgehead atoms. The van der Waals surface area contributed by atoms with E-state index < -0.39 is 5.97 Å². The van der Waals surface area contributed by atoms with Crippen molar-refractivity contribution in [1.82, 2.24) is 0 Å². The molecule has 0 amide bonds. The van der Waals surface area contributed by atoms with Crippen molar-refractivity contribution in [2.75, 3.05) is 20.3 Å². The predicted molar refractivity (Wildman–Crippen MR) is 79.0 cm³/mol. The molecule has 0 heterocycles. The maximum atomic E-state index is 11.5. The summed E-state index contributed by atoms with van der Waals surface area (Å²) in [7, 11) is 1.23. The Balaban J connectivity index is 3.27. The summed E-state index contributed by atoms with van der Waals surface area (Å²) >= 11 is 0. The SMILES string of the molecule is CCCOc1c(/C=C(\C#N)C(=O)OC)cccc1OCC. The highest BCUT2D eigenvalue weighted by Gasteiger charge is 2.14. The molecule has 0 radical (unpaired) electrons. The summed E-state index contributed by atoms with van der Waals surface area (Å²) in [5.41, 5.74) is 0.517. The van der Waals surface area contributed by atoms with Crippen molar-refractivity contribution in [3.63, 3.8) is 0 Å². The molecule has 0 aliphatic rings. The second-order valence-corrected chi connectivity index (χ2v) is 4.12. The number of benzene rings is 1. The summed E-state index contributed by atoms with van der Waals surface area (Å²) in [6.07, 6.45) is 2.28. The Morgan fingerprint density at radius 3 is 2.67 bits per heavy atom. The van der Waals surface area contributed by atoms with Gasteiger partial charge in [0.2, 0.25) is 0 Å². The van der Waals surface area contributed by atoms with Crippen LogP contribution >= 0.6 is 0 Å². The van der Waals surface area contributed by atoms with Crippen molar-refractivity contribution in [3.8, 4) is 17.6 Å². The molecule has 0 atom stereocenters. The highest BCUT2D eigenvalue weighted by Crippen LogP contribution is 2.33. The molecular formula is C16H19NO4. The smallest absolute Gasteiger partial charge is 0.348 e. The molecular weight excluding hydrogens is 270 g/mol. The Labute approximate surface area is 124 Å². The van der Waals surface area contributed by atoms with Gasteiger partial charge in [-0.25, -0.2) is 4.79 Å². The van der Waals surface area contributed by atoms with Gasteiger partial charge in [-0.05, 0) is 25.5 Å². The quantitative estimate of drug-likeness (QED) is 0.438. The van der Waals surface area contributed by atoms with Crippen LogP contribution in [0.1, 0.15) is 25.8 Å². The van der Waals surface area contributed by atoms with Gasteiger partial charge in [-0.1, -0.05) is 19.1 Å². The van der Waals surface area contributed by atoms with E-state index in [9.17, 15) is 4.79 Å². The van der Waals surface area contributed by atoms with E-state index in [-0.39, 0.29) is 5.57 Å². The van der Waals surface area contributed by atoms with Gasteiger partial charge in [0, 0.05) is 5.56 Å². The first-order chi connectivity index (χ1) is 10.2. The minimum atomic E-state index is -0.680. The van der Waals surface area contributed by atoms with Crippen LogP contribution in [0.4, 0.5) is 0 Å². The van der Waals surface area contributed by atoms with E-state index in [0.29, 0.717) is 30.3 Å². The van der Waals surface area contributed by atoms with Crippen molar-refractivity contribution < 1.29 is 19.0 Å². The van der Waals surface area contributed by atoms with E-state index in [0.717, 1.165) is 6.42 Å². The number of nitrogens with zero attached hydrogens (tertiary/aromatic N) is 1. The Bertz CT molecular complexity index is 558. The number of methoxy groups -OCH3 is 1. The molecule has 0 spiro atoms. The summed E-state index contributed by atoms with van der Waals surface area (Å²) in [6, 6.07) is 7.15. The Hall–Kier alpha value is -2.48. The first-order valence-electron chi connectivity index (χ1n) is 6.76. The third-order valence-electron chi connectivity index (χ3n) is 2.59. The summed E-state index contributed by atoms with van der Waals surface area (Å²) in [5, 5.41) is 9.04. The van der Waals surface area contributed by atoms with Gasteiger partial charge in [-0.3, -0.25) is 0 Å². The largest absolute Gasteiger partial charge is 0.490 e. The van der Waals surface area contributed by atoms with Crippen LogP contribution in [0.25, 0.3) is 6.08 Å². The second-order valence-electron chi connectivity index (χ2n) is 4.12. The maximum Gasteiger partial charge on any atom is 0.348 e. The van der Waals surface area contributed by atoms with Crippen molar-refractivity contribution >= 4 is 12.0 Å². The van der Waals surface area contributed by atoms with E-state index in [1.165, 1.54) is 13.2 Å². The minimum Gasteiger partial charge on any atom is -0.490 e. The molecule has 1 aromatic rings. The monoisotopic (exact) mass is 289 g/mol. The lowest BCUT2D eigenvalue weighted by Crippen LogP contribution is -2.04. The van der Waals surface area contributed by atoms with Crippen molar-refractivity contribution in [2.45, 2.75) is 20.3 Å². The van der Waals surface area contributed by atoms with Crippen LogP contribution in [0.3, 0.4) is 0 Å². The lowest BCUT2D eigenvalue weighted by atomic mass is 10.1. The molecule has 5 nitrogen and oxygen atoms in total. The molecule has 1 rings (SSSR count). The molecule has 0 aromatic heterocycles. The number of carbonyl (C=O) groups excluding carboxylic acids is 1. The molecule has 0 fully saturated rings. The maximum absolute atomic E-state index is 11.5. The highest BCUT2D eigenvalue weighted by molar-refractivity contribution is 5.98. The second kappa shape index (κ2) is 8.64. The van der Waals surface area contributed by atoms with Crippen LogP contribution in [0.2, 0.25) is 0 Å².